The van der Waals surface area contributed by atoms with Crippen molar-refractivity contribution in [1.82, 2.24) is 15.3 Å². The fourth-order valence-corrected chi connectivity index (χ4v) is 4.86. The normalized spacial score (nSPS) is 16.6. The molecular formula is C26H33ClN4O4. The summed E-state index contributed by atoms with van der Waals surface area (Å²) < 4.78 is 5.66. The van der Waals surface area contributed by atoms with E-state index in [1.54, 1.807) is 12.3 Å². The fourth-order valence-electron chi connectivity index (χ4n) is 4.46. The predicted molar refractivity (Wildman–Crippen MR) is 134 cm³/mol. The zero-order valence-electron chi connectivity index (χ0n) is 20.1. The lowest BCUT2D eigenvalue weighted by atomic mass is 9.99. The van der Waals surface area contributed by atoms with E-state index in [4.69, 9.17) is 21.3 Å². The van der Waals surface area contributed by atoms with Crippen molar-refractivity contribution in [2.45, 2.75) is 69.7 Å². The molecular weight excluding hydrogens is 468 g/mol. The highest BCUT2D eigenvalue weighted by atomic mass is 35.5. The summed E-state index contributed by atoms with van der Waals surface area (Å²) in [6.07, 6.45) is 7.99. The monoisotopic (exact) mass is 500 g/mol. The van der Waals surface area contributed by atoms with Crippen molar-refractivity contribution in [3.05, 3.63) is 51.9 Å². The smallest absolute Gasteiger partial charge is 0.326 e. The summed E-state index contributed by atoms with van der Waals surface area (Å²) in [5, 5.41) is 16.1. The average Bonchev–Trinajstić information content (AvgIpc) is 3.64. The van der Waals surface area contributed by atoms with E-state index in [9.17, 15) is 14.7 Å². The SMILES string of the molecule is Cc1cnc(C2(C(=O)NC(CCOCCCCc3ccc4c(n3)NCCC4)C(=O)O)CC2)c(Cl)c1. The van der Waals surface area contributed by atoms with Gasteiger partial charge >= 0.3 is 5.97 Å². The highest BCUT2D eigenvalue weighted by Gasteiger charge is 2.54. The van der Waals surface area contributed by atoms with Crippen LogP contribution in [-0.2, 0) is 32.6 Å². The van der Waals surface area contributed by atoms with E-state index in [0.29, 0.717) is 30.2 Å². The molecule has 0 saturated heterocycles. The quantitative estimate of drug-likeness (QED) is 0.379. The van der Waals surface area contributed by atoms with E-state index < -0.39 is 17.4 Å². The molecule has 3 N–H and O–H groups in total. The van der Waals surface area contributed by atoms with Crippen molar-refractivity contribution in [2.24, 2.45) is 0 Å². The first-order valence-corrected chi connectivity index (χ1v) is 12.7. The lowest BCUT2D eigenvalue weighted by molar-refractivity contribution is -0.142. The molecule has 8 nitrogen and oxygen atoms in total. The predicted octanol–water partition coefficient (Wildman–Crippen LogP) is 3.83. The third-order valence-corrected chi connectivity index (χ3v) is 6.98. The van der Waals surface area contributed by atoms with Crippen LogP contribution >= 0.6 is 11.6 Å². The van der Waals surface area contributed by atoms with Gasteiger partial charge in [0.2, 0.25) is 5.91 Å². The fraction of sp³-hybridized carbons (Fsp3) is 0.538. The van der Waals surface area contributed by atoms with Gasteiger partial charge in [-0.1, -0.05) is 17.7 Å². The zero-order valence-corrected chi connectivity index (χ0v) is 20.9. The Morgan fingerprint density at radius 2 is 2.11 bits per heavy atom. The van der Waals surface area contributed by atoms with Crippen molar-refractivity contribution in [2.75, 3.05) is 25.1 Å². The largest absolute Gasteiger partial charge is 0.480 e. The van der Waals surface area contributed by atoms with Crippen LogP contribution in [0.3, 0.4) is 0 Å². The van der Waals surface area contributed by atoms with Crippen LogP contribution in [0.4, 0.5) is 5.82 Å². The number of aliphatic carboxylic acids is 1. The van der Waals surface area contributed by atoms with Crippen LogP contribution < -0.4 is 10.6 Å². The van der Waals surface area contributed by atoms with Gasteiger partial charge in [-0.3, -0.25) is 9.78 Å². The standard InChI is InChI=1S/C26H33ClN4O4/c1-17-15-20(27)22(29-16-17)26(10-11-26)25(34)31-21(24(32)33)9-14-35-13-3-2-6-19-8-7-18-5-4-12-28-23(18)30-19/h7-8,15-16,21H,2-6,9-14H2,1H3,(H,28,30)(H,31,34)(H,32,33). The van der Waals surface area contributed by atoms with Crippen LogP contribution in [0.2, 0.25) is 5.02 Å². The van der Waals surface area contributed by atoms with Crippen LogP contribution in [0.25, 0.3) is 0 Å². The van der Waals surface area contributed by atoms with E-state index in [1.165, 1.54) is 5.56 Å². The Labute approximate surface area is 210 Å². The molecule has 188 valence electrons. The van der Waals surface area contributed by atoms with E-state index in [2.05, 4.69) is 27.8 Å². The number of hydrogen-bond acceptors (Lipinski definition) is 6. The van der Waals surface area contributed by atoms with E-state index >= 15 is 0 Å². The minimum Gasteiger partial charge on any atom is -0.480 e. The second kappa shape index (κ2) is 11.4. The maximum atomic E-state index is 13.0. The summed E-state index contributed by atoms with van der Waals surface area (Å²) in [5.41, 5.74) is 2.95. The summed E-state index contributed by atoms with van der Waals surface area (Å²) in [6.45, 7) is 3.66. The number of carbonyl (C=O) groups is 2. The van der Waals surface area contributed by atoms with Crippen LogP contribution in [0.5, 0.6) is 0 Å². The number of unbranched alkanes of at least 4 members (excludes halogenated alkanes) is 1. The Balaban J connectivity index is 1.18. The minimum atomic E-state index is -1.08. The molecule has 1 aliphatic heterocycles. The molecule has 4 rings (SSSR count). The number of carboxylic acids is 1. The van der Waals surface area contributed by atoms with Gasteiger partial charge in [0.1, 0.15) is 11.9 Å². The summed E-state index contributed by atoms with van der Waals surface area (Å²) in [7, 11) is 0. The molecule has 0 radical (unpaired) electrons. The first-order chi connectivity index (χ1) is 16.9. The Morgan fingerprint density at radius 1 is 1.29 bits per heavy atom. The zero-order chi connectivity index (χ0) is 24.8. The molecule has 1 saturated carbocycles. The Morgan fingerprint density at radius 3 is 2.86 bits per heavy atom. The van der Waals surface area contributed by atoms with Crippen LogP contribution in [-0.4, -0.2) is 52.8 Å². The number of nitrogens with one attached hydrogen (secondary N) is 2. The number of pyridine rings is 2. The minimum absolute atomic E-state index is 0.199. The average molecular weight is 501 g/mol. The summed E-state index contributed by atoms with van der Waals surface area (Å²) in [6, 6.07) is 5.02. The van der Waals surface area contributed by atoms with Gasteiger partial charge in [0.15, 0.2) is 0 Å². The molecule has 0 aromatic carbocycles. The molecule has 1 amide bonds. The van der Waals surface area contributed by atoms with Gasteiger partial charge in [-0.25, -0.2) is 9.78 Å². The van der Waals surface area contributed by atoms with E-state index in [0.717, 1.165) is 55.7 Å². The van der Waals surface area contributed by atoms with Gasteiger partial charge in [-0.05, 0) is 75.1 Å². The lowest BCUT2D eigenvalue weighted by Crippen LogP contribution is -2.46. The van der Waals surface area contributed by atoms with E-state index in [-0.39, 0.29) is 18.9 Å². The topological polar surface area (TPSA) is 113 Å². The molecule has 3 heterocycles. The molecule has 0 spiro atoms. The Hall–Kier alpha value is -2.71. The molecule has 2 aliphatic rings. The lowest BCUT2D eigenvalue weighted by Gasteiger charge is -2.20. The maximum absolute atomic E-state index is 13.0. The number of aromatic nitrogens is 2. The van der Waals surface area contributed by atoms with Gasteiger partial charge in [0, 0.05) is 38.1 Å². The summed E-state index contributed by atoms with van der Waals surface area (Å²) >= 11 is 6.33. The number of carbonyl (C=O) groups excluding carboxylic acids is 1. The number of halogens is 1. The number of carboxylic acid groups (broad SMARTS) is 1. The summed E-state index contributed by atoms with van der Waals surface area (Å²) in [4.78, 5) is 33.7. The Bertz CT molecular complexity index is 1070. The van der Waals surface area contributed by atoms with Crippen LogP contribution in [0.1, 0.15) is 61.0 Å². The van der Waals surface area contributed by atoms with Crippen LogP contribution in [0.15, 0.2) is 24.4 Å². The van der Waals surface area contributed by atoms with Gasteiger partial charge in [-0.15, -0.1) is 0 Å². The molecule has 2 aromatic rings. The number of anilines is 1. The number of amides is 1. The molecule has 1 unspecified atom stereocenters. The van der Waals surface area contributed by atoms with Gasteiger partial charge in [0.25, 0.3) is 0 Å². The second-order valence-corrected chi connectivity index (χ2v) is 9.90. The first kappa shape index (κ1) is 25.4. The third-order valence-electron chi connectivity index (χ3n) is 6.69. The highest BCUT2D eigenvalue weighted by molar-refractivity contribution is 6.31. The van der Waals surface area contributed by atoms with Crippen molar-refractivity contribution in [3.8, 4) is 0 Å². The van der Waals surface area contributed by atoms with E-state index in [1.807, 2.05) is 6.92 Å². The number of hydrogen-bond donors (Lipinski definition) is 3. The number of rotatable bonds is 12. The molecule has 9 heteroatoms. The van der Waals surface area contributed by atoms with Crippen LogP contribution in [0, 0.1) is 6.92 Å². The Kier molecular flexibility index (Phi) is 8.23. The highest BCUT2D eigenvalue weighted by Crippen LogP contribution is 2.49. The van der Waals surface area contributed by atoms with Gasteiger partial charge in [-0.2, -0.15) is 0 Å². The van der Waals surface area contributed by atoms with Gasteiger partial charge in [0.05, 0.1) is 16.1 Å². The van der Waals surface area contributed by atoms with Crippen molar-refractivity contribution in [3.63, 3.8) is 0 Å². The number of fused-ring (bicyclic) bond motifs is 1. The van der Waals surface area contributed by atoms with Crippen molar-refractivity contribution in [1.29, 1.82) is 0 Å². The molecule has 0 bridgehead atoms. The second-order valence-electron chi connectivity index (χ2n) is 9.49. The number of nitrogens with zero attached hydrogens (tertiary/aromatic N) is 2. The van der Waals surface area contributed by atoms with Crippen molar-refractivity contribution < 1.29 is 19.4 Å². The number of aryl methyl sites for hydroxylation is 3. The molecule has 35 heavy (non-hydrogen) atoms. The van der Waals surface area contributed by atoms with Gasteiger partial charge < -0.3 is 20.5 Å². The summed E-state index contributed by atoms with van der Waals surface area (Å²) in [5.74, 6) is -0.400. The first-order valence-electron chi connectivity index (χ1n) is 12.4. The molecule has 1 atom stereocenters. The maximum Gasteiger partial charge on any atom is 0.326 e. The number of ether oxygens (including phenoxy) is 1. The molecule has 1 fully saturated rings. The third kappa shape index (κ3) is 6.30. The van der Waals surface area contributed by atoms with Crippen molar-refractivity contribution >= 4 is 29.3 Å². The molecule has 2 aromatic heterocycles. The molecule has 1 aliphatic carbocycles.